The quantitative estimate of drug-likeness (QED) is 0.748. The standard InChI is InChI=1S/C14H14N4O3S.ClH/c15-22(20,21)17-8-9-2-1-3-10(6-9)14-11-4-5-16-12(11)7-13(19)18-14;/h1-6,16-17H,7-8H2,(H2,15,20,21);1H. The Balaban J connectivity index is 0.00000192. The maximum atomic E-state index is 11.7. The SMILES string of the molecule is Cl.NS(=O)(=O)NCc1cccc(C2=NC(=O)Cc3[nH]ccc32)c1. The van der Waals surface area contributed by atoms with E-state index in [1.54, 1.807) is 24.4 Å². The molecule has 0 saturated heterocycles. The van der Waals surface area contributed by atoms with Gasteiger partial charge >= 0.3 is 0 Å². The molecule has 9 heteroatoms. The Morgan fingerprint density at radius 2 is 2.09 bits per heavy atom. The molecule has 1 aromatic heterocycles. The van der Waals surface area contributed by atoms with E-state index in [9.17, 15) is 13.2 Å². The summed E-state index contributed by atoms with van der Waals surface area (Å²) in [6.45, 7) is 0.0773. The lowest BCUT2D eigenvalue weighted by atomic mass is 9.97. The van der Waals surface area contributed by atoms with Crippen LogP contribution in [0.2, 0.25) is 0 Å². The molecule has 0 fully saturated rings. The molecule has 1 aromatic carbocycles. The van der Waals surface area contributed by atoms with E-state index in [4.69, 9.17) is 5.14 Å². The summed E-state index contributed by atoms with van der Waals surface area (Å²) in [5.74, 6) is -0.210. The van der Waals surface area contributed by atoms with E-state index in [2.05, 4.69) is 14.7 Å². The summed E-state index contributed by atoms with van der Waals surface area (Å²) in [6, 6.07) is 9.03. The van der Waals surface area contributed by atoms with Gasteiger partial charge in [0.15, 0.2) is 0 Å². The molecule has 2 aromatic rings. The Morgan fingerprint density at radius 3 is 2.83 bits per heavy atom. The van der Waals surface area contributed by atoms with Crippen LogP contribution in [0.15, 0.2) is 41.5 Å². The van der Waals surface area contributed by atoms with Crippen molar-refractivity contribution in [1.82, 2.24) is 9.71 Å². The van der Waals surface area contributed by atoms with Gasteiger partial charge in [0.25, 0.3) is 16.1 Å². The topological polar surface area (TPSA) is 117 Å². The molecular formula is C14H15ClN4O3S. The van der Waals surface area contributed by atoms with E-state index in [1.165, 1.54) is 0 Å². The number of hydrogen-bond acceptors (Lipinski definition) is 3. The number of halogens is 1. The lowest BCUT2D eigenvalue weighted by molar-refractivity contribution is -0.117. The average Bonchev–Trinajstić information content (AvgIpc) is 2.92. The van der Waals surface area contributed by atoms with E-state index in [0.29, 0.717) is 5.71 Å². The molecule has 0 radical (unpaired) electrons. The second-order valence-corrected chi connectivity index (χ2v) is 6.35. The zero-order chi connectivity index (χ0) is 15.7. The van der Waals surface area contributed by atoms with Crippen molar-refractivity contribution in [2.45, 2.75) is 13.0 Å². The third-order valence-electron chi connectivity index (χ3n) is 3.33. The molecule has 2 heterocycles. The monoisotopic (exact) mass is 354 g/mol. The predicted molar refractivity (Wildman–Crippen MR) is 88.8 cm³/mol. The van der Waals surface area contributed by atoms with Crippen LogP contribution in [0.1, 0.15) is 22.4 Å². The second-order valence-electron chi connectivity index (χ2n) is 4.97. The number of nitrogens with zero attached hydrogens (tertiary/aromatic N) is 1. The van der Waals surface area contributed by atoms with E-state index in [-0.39, 0.29) is 31.3 Å². The number of carbonyl (C=O) groups is 1. The van der Waals surface area contributed by atoms with Crippen LogP contribution in [0.3, 0.4) is 0 Å². The van der Waals surface area contributed by atoms with Gasteiger partial charge in [-0.2, -0.15) is 13.1 Å². The molecule has 3 rings (SSSR count). The Kier molecular flexibility index (Phi) is 5.00. The first-order valence-electron chi connectivity index (χ1n) is 6.57. The summed E-state index contributed by atoms with van der Waals surface area (Å²) in [5.41, 5.74) is 3.79. The number of hydrogen-bond donors (Lipinski definition) is 3. The zero-order valence-electron chi connectivity index (χ0n) is 11.9. The minimum absolute atomic E-state index is 0. The molecule has 0 aliphatic carbocycles. The minimum atomic E-state index is -3.75. The summed E-state index contributed by atoms with van der Waals surface area (Å²) in [5, 5.41) is 4.92. The number of benzene rings is 1. The lowest BCUT2D eigenvalue weighted by Gasteiger charge is -2.13. The minimum Gasteiger partial charge on any atom is -0.364 e. The van der Waals surface area contributed by atoms with Crippen molar-refractivity contribution in [2.24, 2.45) is 10.1 Å². The van der Waals surface area contributed by atoms with Gasteiger partial charge in [-0.1, -0.05) is 18.2 Å². The third-order valence-corrected chi connectivity index (χ3v) is 3.88. The average molecular weight is 355 g/mol. The van der Waals surface area contributed by atoms with Gasteiger partial charge in [-0.3, -0.25) is 4.79 Å². The molecule has 0 spiro atoms. The van der Waals surface area contributed by atoms with Crippen molar-refractivity contribution in [2.75, 3.05) is 0 Å². The number of nitrogens with one attached hydrogen (secondary N) is 2. The van der Waals surface area contributed by atoms with E-state index in [1.807, 2.05) is 12.1 Å². The number of aliphatic imine (C=N–C) groups is 1. The Labute approximate surface area is 139 Å². The summed E-state index contributed by atoms with van der Waals surface area (Å²) >= 11 is 0. The molecule has 7 nitrogen and oxygen atoms in total. The third kappa shape index (κ3) is 4.05. The molecule has 23 heavy (non-hydrogen) atoms. The Bertz CT molecular complexity index is 874. The number of aromatic nitrogens is 1. The second kappa shape index (κ2) is 6.63. The maximum Gasteiger partial charge on any atom is 0.274 e. The normalized spacial score (nSPS) is 14.0. The maximum absolute atomic E-state index is 11.7. The van der Waals surface area contributed by atoms with Gasteiger partial charge < -0.3 is 4.98 Å². The van der Waals surface area contributed by atoms with Gasteiger partial charge in [0.2, 0.25) is 0 Å². The number of carbonyl (C=O) groups excluding carboxylic acids is 1. The molecule has 0 saturated carbocycles. The number of rotatable bonds is 4. The molecular weight excluding hydrogens is 340 g/mol. The fourth-order valence-corrected chi connectivity index (χ4v) is 2.75. The van der Waals surface area contributed by atoms with Crippen molar-refractivity contribution in [3.05, 3.63) is 58.9 Å². The fourth-order valence-electron chi connectivity index (χ4n) is 2.38. The first kappa shape index (κ1) is 17.4. The number of amides is 1. The molecule has 0 bridgehead atoms. The van der Waals surface area contributed by atoms with Gasteiger partial charge in [-0.05, 0) is 17.7 Å². The first-order valence-corrected chi connectivity index (χ1v) is 8.12. The van der Waals surface area contributed by atoms with Gasteiger partial charge in [-0.15, -0.1) is 12.4 Å². The van der Waals surface area contributed by atoms with Crippen molar-refractivity contribution in [1.29, 1.82) is 0 Å². The van der Waals surface area contributed by atoms with Gasteiger partial charge in [0, 0.05) is 29.6 Å². The van der Waals surface area contributed by atoms with Crippen LogP contribution in [-0.2, 0) is 28.0 Å². The molecule has 1 amide bonds. The molecule has 1 aliphatic rings. The van der Waals surface area contributed by atoms with Gasteiger partial charge in [-0.25, -0.2) is 10.1 Å². The van der Waals surface area contributed by atoms with Crippen LogP contribution in [0.4, 0.5) is 0 Å². The van der Waals surface area contributed by atoms with Crippen molar-refractivity contribution in [3.8, 4) is 0 Å². The van der Waals surface area contributed by atoms with Crippen LogP contribution in [0.5, 0.6) is 0 Å². The van der Waals surface area contributed by atoms with Crippen molar-refractivity contribution in [3.63, 3.8) is 0 Å². The highest BCUT2D eigenvalue weighted by atomic mass is 35.5. The van der Waals surface area contributed by atoms with Crippen LogP contribution >= 0.6 is 12.4 Å². The first-order chi connectivity index (χ1) is 10.4. The molecule has 0 unspecified atom stereocenters. The molecule has 0 atom stereocenters. The Morgan fingerprint density at radius 1 is 1.30 bits per heavy atom. The van der Waals surface area contributed by atoms with Crippen molar-refractivity contribution < 1.29 is 13.2 Å². The molecule has 1 aliphatic heterocycles. The number of H-pyrrole nitrogens is 1. The highest BCUT2D eigenvalue weighted by Gasteiger charge is 2.21. The largest absolute Gasteiger partial charge is 0.364 e. The summed E-state index contributed by atoms with van der Waals surface area (Å²) in [4.78, 5) is 18.9. The van der Waals surface area contributed by atoms with Crippen LogP contribution < -0.4 is 9.86 Å². The zero-order valence-corrected chi connectivity index (χ0v) is 13.6. The highest BCUT2D eigenvalue weighted by Crippen LogP contribution is 2.20. The Hall–Kier alpha value is -2.00. The van der Waals surface area contributed by atoms with Gasteiger partial charge in [0.05, 0.1) is 12.1 Å². The molecule has 4 N–H and O–H groups in total. The number of nitrogens with two attached hydrogens (primary N) is 1. The highest BCUT2D eigenvalue weighted by molar-refractivity contribution is 7.87. The number of aromatic amines is 1. The van der Waals surface area contributed by atoms with Crippen LogP contribution in [-0.4, -0.2) is 25.0 Å². The van der Waals surface area contributed by atoms with E-state index in [0.717, 1.165) is 22.4 Å². The smallest absolute Gasteiger partial charge is 0.274 e. The molecule has 122 valence electrons. The van der Waals surface area contributed by atoms with Crippen molar-refractivity contribution >= 4 is 34.2 Å². The summed E-state index contributed by atoms with van der Waals surface area (Å²) in [7, 11) is -3.75. The summed E-state index contributed by atoms with van der Waals surface area (Å²) < 4.78 is 24.1. The van der Waals surface area contributed by atoms with E-state index >= 15 is 0 Å². The fraction of sp³-hybridized carbons (Fsp3) is 0.143. The van der Waals surface area contributed by atoms with E-state index < -0.39 is 10.2 Å². The van der Waals surface area contributed by atoms with Crippen LogP contribution in [0.25, 0.3) is 0 Å². The van der Waals surface area contributed by atoms with Gasteiger partial charge in [0.1, 0.15) is 0 Å². The summed E-state index contributed by atoms with van der Waals surface area (Å²) in [6.07, 6.45) is 2.03. The predicted octanol–water partition coefficient (Wildman–Crippen LogP) is 0.650. The lowest BCUT2D eigenvalue weighted by Crippen LogP contribution is -2.30. The van der Waals surface area contributed by atoms with Crippen LogP contribution in [0, 0.1) is 0 Å². The number of fused-ring (bicyclic) bond motifs is 1.